The normalized spacial score (nSPS) is 22.0. The molecule has 1 aromatic rings. The lowest BCUT2D eigenvalue weighted by molar-refractivity contribution is 0.0778. The van der Waals surface area contributed by atoms with Crippen LogP contribution < -0.4 is 10.6 Å². The van der Waals surface area contributed by atoms with Gasteiger partial charge in [0.2, 0.25) is 0 Å². The van der Waals surface area contributed by atoms with Gasteiger partial charge in [-0.2, -0.15) is 11.8 Å². The zero-order valence-electron chi connectivity index (χ0n) is 13.8. The lowest BCUT2D eigenvalue weighted by Gasteiger charge is -2.22. The SMILES string of the molecule is CCNC(=NCC1(O)CCSC1)NC(C)c1ccc(Cl)c(Cl)c1.I. The Labute approximate surface area is 175 Å². The lowest BCUT2D eigenvalue weighted by atomic mass is 10.0. The number of nitrogens with zero attached hydrogens (tertiary/aromatic N) is 1. The standard InChI is InChI=1S/C16H23Cl2N3OS.HI/c1-3-19-15(20-9-16(22)6-7-23-10-16)21-11(2)12-4-5-13(17)14(18)8-12;/h4-5,8,11,22H,3,6-7,9-10H2,1-2H3,(H2,19,20,21);1H. The minimum absolute atomic E-state index is 0. The Balaban J connectivity index is 0.00000288. The van der Waals surface area contributed by atoms with Crippen molar-refractivity contribution in [1.82, 2.24) is 10.6 Å². The molecule has 1 aliphatic rings. The Bertz CT molecular complexity index is 568. The molecule has 1 aliphatic heterocycles. The van der Waals surface area contributed by atoms with E-state index < -0.39 is 5.60 Å². The van der Waals surface area contributed by atoms with Crippen molar-refractivity contribution < 1.29 is 5.11 Å². The van der Waals surface area contributed by atoms with Gasteiger partial charge in [-0.15, -0.1) is 24.0 Å². The van der Waals surface area contributed by atoms with E-state index in [-0.39, 0.29) is 30.0 Å². The first-order valence-electron chi connectivity index (χ1n) is 7.73. The second kappa shape index (κ2) is 10.3. The van der Waals surface area contributed by atoms with Crippen molar-refractivity contribution in [2.75, 3.05) is 24.6 Å². The Morgan fingerprint density at radius 3 is 2.75 bits per heavy atom. The highest BCUT2D eigenvalue weighted by Crippen LogP contribution is 2.28. The van der Waals surface area contributed by atoms with Gasteiger partial charge in [0.15, 0.2) is 5.96 Å². The van der Waals surface area contributed by atoms with Crippen LogP contribution in [0.5, 0.6) is 0 Å². The van der Waals surface area contributed by atoms with E-state index in [1.165, 1.54) is 0 Å². The molecule has 0 aliphatic carbocycles. The van der Waals surface area contributed by atoms with Crippen molar-refractivity contribution in [3.63, 3.8) is 0 Å². The summed E-state index contributed by atoms with van der Waals surface area (Å²) in [4.78, 5) is 4.54. The van der Waals surface area contributed by atoms with Gasteiger partial charge in [-0.05, 0) is 43.7 Å². The van der Waals surface area contributed by atoms with Gasteiger partial charge in [0, 0.05) is 12.3 Å². The zero-order chi connectivity index (χ0) is 16.9. The second-order valence-corrected chi connectivity index (χ2v) is 7.68. The molecule has 1 saturated heterocycles. The third-order valence-electron chi connectivity index (χ3n) is 3.76. The molecule has 2 rings (SSSR count). The van der Waals surface area contributed by atoms with Crippen molar-refractivity contribution >= 4 is 64.9 Å². The first-order chi connectivity index (χ1) is 10.9. The fourth-order valence-electron chi connectivity index (χ4n) is 2.34. The van der Waals surface area contributed by atoms with Gasteiger partial charge < -0.3 is 15.7 Å². The van der Waals surface area contributed by atoms with Crippen LogP contribution in [0.15, 0.2) is 23.2 Å². The number of halogens is 3. The van der Waals surface area contributed by atoms with Gasteiger partial charge in [-0.25, -0.2) is 0 Å². The third kappa shape index (κ3) is 6.44. The van der Waals surface area contributed by atoms with E-state index in [0.29, 0.717) is 22.5 Å². The van der Waals surface area contributed by atoms with Crippen LogP contribution in [0.3, 0.4) is 0 Å². The fraction of sp³-hybridized carbons (Fsp3) is 0.562. The average molecular weight is 504 g/mol. The molecule has 0 amide bonds. The second-order valence-electron chi connectivity index (χ2n) is 5.76. The maximum Gasteiger partial charge on any atom is 0.191 e. The molecule has 0 saturated carbocycles. The zero-order valence-corrected chi connectivity index (χ0v) is 18.5. The Morgan fingerprint density at radius 1 is 1.42 bits per heavy atom. The summed E-state index contributed by atoms with van der Waals surface area (Å²) >= 11 is 13.8. The summed E-state index contributed by atoms with van der Waals surface area (Å²) in [5.74, 6) is 2.44. The molecule has 1 heterocycles. The van der Waals surface area contributed by atoms with E-state index in [0.717, 1.165) is 30.0 Å². The molecule has 3 N–H and O–H groups in total. The van der Waals surface area contributed by atoms with Crippen molar-refractivity contribution in [1.29, 1.82) is 0 Å². The summed E-state index contributed by atoms with van der Waals surface area (Å²) in [6, 6.07) is 5.61. The molecule has 2 unspecified atom stereocenters. The van der Waals surface area contributed by atoms with Crippen LogP contribution in [-0.4, -0.2) is 41.3 Å². The van der Waals surface area contributed by atoms with Crippen molar-refractivity contribution in [2.24, 2.45) is 4.99 Å². The maximum absolute atomic E-state index is 10.4. The summed E-state index contributed by atoms with van der Waals surface area (Å²) in [7, 11) is 0. The summed E-state index contributed by atoms with van der Waals surface area (Å²) in [6.07, 6.45) is 0.795. The molecule has 2 atom stereocenters. The monoisotopic (exact) mass is 503 g/mol. The summed E-state index contributed by atoms with van der Waals surface area (Å²) < 4.78 is 0. The topological polar surface area (TPSA) is 56.7 Å². The number of guanidine groups is 1. The number of benzene rings is 1. The Hall–Kier alpha value is 0.110. The smallest absolute Gasteiger partial charge is 0.191 e. The lowest BCUT2D eigenvalue weighted by Crippen LogP contribution is -2.41. The van der Waals surface area contributed by atoms with E-state index >= 15 is 0 Å². The maximum atomic E-state index is 10.4. The number of hydrogen-bond donors (Lipinski definition) is 3. The minimum atomic E-state index is -0.681. The van der Waals surface area contributed by atoms with E-state index in [9.17, 15) is 5.11 Å². The van der Waals surface area contributed by atoms with Crippen LogP contribution in [0.4, 0.5) is 0 Å². The molecule has 1 aromatic carbocycles. The molecule has 4 nitrogen and oxygen atoms in total. The van der Waals surface area contributed by atoms with Crippen LogP contribution in [0, 0.1) is 0 Å². The molecule has 8 heteroatoms. The number of nitrogens with one attached hydrogen (secondary N) is 2. The quantitative estimate of drug-likeness (QED) is 0.321. The van der Waals surface area contributed by atoms with Gasteiger partial charge in [-0.1, -0.05) is 29.3 Å². The van der Waals surface area contributed by atoms with Crippen LogP contribution >= 0.6 is 58.9 Å². The van der Waals surface area contributed by atoms with Crippen LogP contribution in [-0.2, 0) is 0 Å². The molecule has 24 heavy (non-hydrogen) atoms. The number of aliphatic imine (C=N–C) groups is 1. The van der Waals surface area contributed by atoms with Crippen molar-refractivity contribution in [3.8, 4) is 0 Å². The van der Waals surface area contributed by atoms with Crippen LogP contribution in [0.2, 0.25) is 10.0 Å². The highest BCUT2D eigenvalue weighted by Gasteiger charge is 2.31. The van der Waals surface area contributed by atoms with E-state index in [4.69, 9.17) is 23.2 Å². The van der Waals surface area contributed by atoms with Gasteiger partial charge in [-0.3, -0.25) is 4.99 Å². The highest BCUT2D eigenvalue weighted by molar-refractivity contribution is 14.0. The summed E-state index contributed by atoms with van der Waals surface area (Å²) in [6.45, 7) is 5.21. The highest BCUT2D eigenvalue weighted by atomic mass is 127. The average Bonchev–Trinajstić information content (AvgIpc) is 2.95. The number of thioether (sulfide) groups is 1. The molecule has 0 radical (unpaired) electrons. The molecular weight excluding hydrogens is 480 g/mol. The molecule has 0 spiro atoms. The summed E-state index contributed by atoms with van der Waals surface area (Å²) in [5.41, 5.74) is 0.347. The Kier molecular flexibility index (Phi) is 9.51. The molecular formula is C16H24Cl2IN3OS. The van der Waals surface area contributed by atoms with Gasteiger partial charge in [0.05, 0.1) is 28.2 Å². The predicted molar refractivity (Wildman–Crippen MR) is 116 cm³/mol. The Morgan fingerprint density at radius 2 is 2.17 bits per heavy atom. The number of hydrogen-bond acceptors (Lipinski definition) is 3. The predicted octanol–water partition coefficient (Wildman–Crippen LogP) is 4.10. The van der Waals surface area contributed by atoms with Gasteiger partial charge >= 0.3 is 0 Å². The van der Waals surface area contributed by atoms with E-state index in [1.807, 2.05) is 26.0 Å². The molecule has 0 aromatic heterocycles. The summed E-state index contributed by atoms with van der Waals surface area (Å²) in [5, 5.41) is 18.0. The first kappa shape index (κ1) is 22.2. The largest absolute Gasteiger partial charge is 0.387 e. The number of rotatable bonds is 5. The molecule has 0 bridgehead atoms. The van der Waals surface area contributed by atoms with Crippen molar-refractivity contribution in [2.45, 2.75) is 31.9 Å². The van der Waals surface area contributed by atoms with E-state index in [1.54, 1.807) is 17.8 Å². The van der Waals surface area contributed by atoms with Crippen LogP contribution in [0.25, 0.3) is 0 Å². The number of aliphatic hydroxyl groups is 1. The molecule has 1 fully saturated rings. The molecule has 136 valence electrons. The van der Waals surface area contributed by atoms with Crippen LogP contribution in [0.1, 0.15) is 31.9 Å². The van der Waals surface area contributed by atoms with Gasteiger partial charge in [0.1, 0.15) is 0 Å². The first-order valence-corrected chi connectivity index (χ1v) is 9.64. The fourth-order valence-corrected chi connectivity index (χ4v) is 3.93. The van der Waals surface area contributed by atoms with Gasteiger partial charge in [0.25, 0.3) is 0 Å². The minimum Gasteiger partial charge on any atom is -0.387 e. The third-order valence-corrected chi connectivity index (χ3v) is 5.73. The van der Waals surface area contributed by atoms with Crippen molar-refractivity contribution in [3.05, 3.63) is 33.8 Å². The van der Waals surface area contributed by atoms with E-state index in [2.05, 4.69) is 15.6 Å².